The molecule has 11 heteroatoms. The monoisotopic (exact) mass is 424 g/mol. The van der Waals surface area contributed by atoms with E-state index in [1.165, 1.54) is 0 Å². The molecular formula is C17H22ClN6O3P. The van der Waals surface area contributed by atoms with Gasteiger partial charge in [-0.25, -0.2) is 4.98 Å². The number of hydrogen-bond acceptors (Lipinski definition) is 7. The van der Waals surface area contributed by atoms with Gasteiger partial charge < -0.3 is 19.6 Å². The highest BCUT2D eigenvalue weighted by Crippen LogP contribution is 2.33. The van der Waals surface area contributed by atoms with Gasteiger partial charge in [0.1, 0.15) is 14.6 Å². The van der Waals surface area contributed by atoms with Gasteiger partial charge in [-0.05, 0) is 24.2 Å². The zero-order valence-corrected chi connectivity index (χ0v) is 17.0. The van der Waals surface area contributed by atoms with Crippen LogP contribution >= 0.6 is 19.9 Å². The van der Waals surface area contributed by atoms with Crippen LogP contribution in [0.25, 0.3) is 11.2 Å². The molecule has 0 radical (unpaired) electrons. The van der Waals surface area contributed by atoms with E-state index in [1.54, 1.807) is 10.9 Å². The Morgan fingerprint density at radius 1 is 1.43 bits per heavy atom. The largest absolute Gasteiger partial charge is 0.371 e. The highest BCUT2D eigenvalue weighted by atomic mass is 35.5. The van der Waals surface area contributed by atoms with E-state index >= 15 is 0 Å². The highest BCUT2D eigenvalue weighted by Gasteiger charge is 2.11. The molecule has 1 aromatic carbocycles. The number of hydrogen-bond donors (Lipinski definition) is 3. The molecule has 3 aromatic rings. The summed E-state index contributed by atoms with van der Waals surface area (Å²) >= 11 is 6.00. The van der Waals surface area contributed by atoms with Gasteiger partial charge in [0.05, 0.1) is 19.5 Å². The molecular weight excluding hydrogens is 403 g/mol. The fourth-order valence-corrected chi connectivity index (χ4v) is 3.95. The van der Waals surface area contributed by atoms with Gasteiger partial charge in [0.25, 0.3) is 5.56 Å². The average molecular weight is 425 g/mol. The van der Waals surface area contributed by atoms with E-state index < -0.39 is 8.30 Å². The third-order valence-electron chi connectivity index (χ3n) is 3.79. The molecule has 0 saturated heterocycles. The predicted molar refractivity (Wildman–Crippen MR) is 110 cm³/mol. The van der Waals surface area contributed by atoms with Gasteiger partial charge in [0, 0.05) is 11.6 Å². The molecule has 4 N–H and O–H groups in total. The molecule has 0 amide bonds. The number of H-pyrrole nitrogens is 1. The number of nitrogens with one attached hydrogen (secondary N) is 2. The molecule has 0 bridgehead atoms. The maximum absolute atomic E-state index is 11.8. The molecule has 0 saturated carbocycles. The summed E-state index contributed by atoms with van der Waals surface area (Å²) in [7, 11) is -0.939. The average Bonchev–Trinajstić information content (AvgIpc) is 3.06. The van der Waals surface area contributed by atoms with Gasteiger partial charge in [0.2, 0.25) is 5.95 Å². The number of aromatic amines is 1. The first-order chi connectivity index (χ1) is 13.6. The van der Waals surface area contributed by atoms with Crippen molar-refractivity contribution >= 4 is 37.0 Å². The third-order valence-corrected chi connectivity index (χ3v) is 5.55. The second-order valence-corrected chi connectivity index (χ2v) is 7.92. The number of ether oxygens (including phenoxy) is 1. The van der Waals surface area contributed by atoms with Gasteiger partial charge in [-0.3, -0.25) is 14.9 Å². The van der Waals surface area contributed by atoms with Crippen molar-refractivity contribution in [2.75, 3.05) is 25.2 Å². The van der Waals surface area contributed by atoms with Gasteiger partial charge in [0.15, 0.2) is 11.2 Å². The standard InChI is InChI=1S/C17H22ClN6O3P/c1-2-21-28(27-9-12-4-3-5-13(18)8-12)11-26-7-6-24-10-20-14-15(24)22-17(19)23-16(14)25/h3-5,8,10,21H,2,6-7,9,11H2,1H3,(H3,19,22,23,25). The maximum atomic E-state index is 11.8. The number of nitrogens with zero attached hydrogens (tertiary/aromatic N) is 3. The molecule has 0 fully saturated rings. The van der Waals surface area contributed by atoms with Crippen LogP contribution in [-0.2, 0) is 22.4 Å². The molecule has 2 heterocycles. The Kier molecular flexibility index (Phi) is 7.36. The van der Waals surface area contributed by atoms with Crippen LogP contribution in [0.1, 0.15) is 12.5 Å². The molecule has 9 nitrogen and oxygen atoms in total. The molecule has 3 rings (SSSR count). The first kappa shape index (κ1) is 20.7. The third kappa shape index (κ3) is 5.50. The Bertz CT molecular complexity index is 979. The number of aromatic nitrogens is 4. The van der Waals surface area contributed by atoms with Crippen LogP contribution in [-0.4, -0.2) is 39.0 Å². The molecule has 0 spiro atoms. The van der Waals surface area contributed by atoms with E-state index in [4.69, 9.17) is 26.6 Å². The molecule has 2 aromatic heterocycles. The number of nitrogen functional groups attached to an aromatic ring is 1. The lowest BCUT2D eigenvalue weighted by atomic mass is 10.2. The van der Waals surface area contributed by atoms with Crippen molar-refractivity contribution in [3.8, 4) is 0 Å². The van der Waals surface area contributed by atoms with E-state index in [2.05, 4.69) is 20.0 Å². The summed E-state index contributed by atoms with van der Waals surface area (Å²) in [5.74, 6) is 0.0604. The van der Waals surface area contributed by atoms with Gasteiger partial charge in [-0.15, -0.1) is 0 Å². The van der Waals surface area contributed by atoms with Crippen molar-refractivity contribution in [3.05, 3.63) is 51.5 Å². The van der Waals surface area contributed by atoms with E-state index in [9.17, 15) is 4.79 Å². The lowest BCUT2D eigenvalue weighted by Crippen LogP contribution is -2.15. The molecule has 0 aliphatic rings. The summed E-state index contributed by atoms with van der Waals surface area (Å²) in [6.45, 7) is 4.17. The van der Waals surface area contributed by atoms with E-state index in [-0.39, 0.29) is 17.0 Å². The Hall–Kier alpha value is -2.03. The van der Waals surface area contributed by atoms with Crippen LogP contribution in [0.5, 0.6) is 0 Å². The molecule has 0 aliphatic carbocycles. The summed E-state index contributed by atoms with van der Waals surface area (Å²) in [4.78, 5) is 22.4. The minimum atomic E-state index is -0.939. The molecule has 28 heavy (non-hydrogen) atoms. The Morgan fingerprint density at radius 3 is 3.07 bits per heavy atom. The summed E-state index contributed by atoms with van der Waals surface area (Å²) in [6.07, 6.45) is 1.99. The maximum Gasteiger partial charge on any atom is 0.280 e. The molecule has 150 valence electrons. The van der Waals surface area contributed by atoms with Crippen LogP contribution in [0.15, 0.2) is 35.4 Å². The topological polar surface area (TPSA) is 120 Å². The van der Waals surface area contributed by atoms with E-state index in [0.29, 0.717) is 36.8 Å². The molecule has 1 unspecified atom stereocenters. The number of fused-ring (bicyclic) bond motifs is 1. The van der Waals surface area contributed by atoms with Gasteiger partial charge in [-0.1, -0.05) is 30.7 Å². The van der Waals surface area contributed by atoms with Gasteiger partial charge in [-0.2, -0.15) is 4.98 Å². The Morgan fingerprint density at radius 2 is 2.29 bits per heavy atom. The van der Waals surface area contributed by atoms with Crippen LogP contribution < -0.4 is 16.4 Å². The zero-order valence-electron chi connectivity index (χ0n) is 15.4. The number of anilines is 1. The van der Waals surface area contributed by atoms with E-state index in [0.717, 1.165) is 12.1 Å². The van der Waals surface area contributed by atoms with Crippen LogP contribution in [0.2, 0.25) is 5.02 Å². The number of halogens is 1. The normalized spacial score (nSPS) is 12.5. The quantitative estimate of drug-likeness (QED) is 0.337. The van der Waals surface area contributed by atoms with Crippen LogP contribution in [0, 0.1) is 0 Å². The van der Waals surface area contributed by atoms with Crippen LogP contribution in [0.3, 0.4) is 0 Å². The van der Waals surface area contributed by atoms with Crippen molar-refractivity contribution in [3.63, 3.8) is 0 Å². The summed E-state index contributed by atoms with van der Waals surface area (Å²) in [5, 5.41) is 3.98. The predicted octanol–water partition coefficient (Wildman–Crippen LogP) is 2.47. The van der Waals surface area contributed by atoms with E-state index in [1.807, 2.05) is 31.2 Å². The zero-order chi connectivity index (χ0) is 19.9. The second-order valence-electron chi connectivity index (χ2n) is 5.89. The van der Waals surface area contributed by atoms with Crippen molar-refractivity contribution in [2.24, 2.45) is 0 Å². The van der Waals surface area contributed by atoms with Crippen molar-refractivity contribution < 1.29 is 9.26 Å². The number of nitrogens with two attached hydrogens (primary N) is 1. The first-order valence-electron chi connectivity index (χ1n) is 8.73. The fourth-order valence-electron chi connectivity index (χ4n) is 2.53. The second kappa shape index (κ2) is 9.95. The lowest BCUT2D eigenvalue weighted by molar-refractivity contribution is 0.159. The van der Waals surface area contributed by atoms with Crippen molar-refractivity contribution in [1.82, 2.24) is 24.6 Å². The highest BCUT2D eigenvalue weighted by molar-refractivity contribution is 7.50. The number of imidazole rings is 1. The molecule has 0 aliphatic heterocycles. The van der Waals surface area contributed by atoms with Crippen molar-refractivity contribution in [2.45, 2.75) is 20.1 Å². The summed E-state index contributed by atoms with van der Waals surface area (Å²) in [6, 6.07) is 7.58. The first-order valence-corrected chi connectivity index (χ1v) is 10.6. The minimum absolute atomic E-state index is 0.0604. The Balaban J connectivity index is 1.50. The summed E-state index contributed by atoms with van der Waals surface area (Å²) < 4.78 is 13.4. The smallest absolute Gasteiger partial charge is 0.280 e. The molecule has 1 atom stereocenters. The minimum Gasteiger partial charge on any atom is -0.371 e. The van der Waals surface area contributed by atoms with Crippen LogP contribution in [0.4, 0.5) is 5.95 Å². The van der Waals surface area contributed by atoms with Gasteiger partial charge >= 0.3 is 0 Å². The summed E-state index contributed by atoms with van der Waals surface area (Å²) in [5.41, 5.74) is 6.96. The lowest BCUT2D eigenvalue weighted by Gasteiger charge is -2.18. The number of benzene rings is 1. The SMILES string of the molecule is CCNP(COCCn1cnc2c(=O)[nH]c(N)nc21)OCc1cccc(Cl)c1. The Labute approximate surface area is 168 Å². The number of rotatable bonds is 10. The van der Waals surface area contributed by atoms with Crippen molar-refractivity contribution in [1.29, 1.82) is 0 Å². The fraction of sp³-hybridized carbons (Fsp3) is 0.353.